The van der Waals surface area contributed by atoms with Gasteiger partial charge in [-0.2, -0.15) is 8.78 Å². The Kier molecular flexibility index (Phi) is 7.08. The number of aromatic amines is 1. The Labute approximate surface area is 158 Å². The largest absolute Gasteiger partial charge is 0.493 e. The van der Waals surface area contributed by atoms with Gasteiger partial charge in [0.1, 0.15) is 5.69 Å². The van der Waals surface area contributed by atoms with Crippen molar-refractivity contribution in [3.05, 3.63) is 47.3 Å². The normalized spacial score (nSPS) is 10.5. The van der Waals surface area contributed by atoms with Gasteiger partial charge in [0, 0.05) is 18.3 Å². The Balaban J connectivity index is 1.84. The van der Waals surface area contributed by atoms with Gasteiger partial charge in [-0.25, -0.2) is 4.79 Å². The number of carbonyl (C=O) groups excluding carboxylic acids is 3. The van der Waals surface area contributed by atoms with Crippen molar-refractivity contribution in [1.29, 1.82) is 0 Å². The summed E-state index contributed by atoms with van der Waals surface area (Å²) in [6.45, 7) is -2.11. The minimum absolute atomic E-state index is 0.0531. The number of Topliss-reactive ketones (excluding diaryl/α,β-unsaturated/α-hetero) is 1. The third-order valence-corrected chi connectivity index (χ3v) is 3.58. The maximum Gasteiger partial charge on any atom is 0.387 e. The van der Waals surface area contributed by atoms with Crippen molar-refractivity contribution in [3.63, 3.8) is 0 Å². The third-order valence-electron chi connectivity index (χ3n) is 3.58. The van der Waals surface area contributed by atoms with Crippen molar-refractivity contribution in [1.82, 2.24) is 10.3 Å². The number of hydrogen-bond donors (Lipinski definition) is 2. The molecule has 0 saturated carbocycles. The van der Waals surface area contributed by atoms with E-state index in [0.29, 0.717) is 11.1 Å². The monoisotopic (exact) mass is 396 g/mol. The van der Waals surface area contributed by atoms with Crippen molar-refractivity contribution in [2.75, 3.05) is 13.7 Å². The fourth-order valence-corrected chi connectivity index (χ4v) is 2.19. The number of aromatic nitrogens is 1. The molecular formula is C18H18F2N2O6. The van der Waals surface area contributed by atoms with E-state index in [4.69, 9.17) is 9.47 Å². The first-order chi connectivity index (χ1) is 13.3. The average molecular weight is 396 g/mol. The number of esters is 1. The fourth-order valence-electron chi connectivity index (χ4n) is 2.19. The first-order valence-corrected chi connectivity index (χ1v) is 8.05. The number of alkyl halides is 2. The first kappa shape index (κ1) is 20.9. The quantitative estimate of drug-likeness (QED) is 0.498. The number of carbonyl (C=O) groups is 3. The van der Waals surface area contributed by atoms with Crippen LogP contribution >= 0.6 is 0 Å². The van der Waals surface area contributed by atoms with Crippen molar-refractivity contribution < 1.29 is 37.4 Å². The molecule has 0 aliphatic carbocycles. The van der Waals surface area contributed by atoms with Gasteiger partial charge in [-0.3, -0.25) is 9.59 Å². The Bertz CT molecular complexity index is 866. The van der Waals surface area contributed by atoms with Crippen LogP contribution in [0.3, 0.4) is 0 Å². The van der Waals surface area contributed by atoms with E-state index in [1.807, 2.05) is 0 Å². The number of ketones is 1. The molecule has 0 atom stereocenters. The number of H-pyrrole nitrogens is 1. The van der Waals surface area contributed by atoms with Crippen LogP contribution in [0.2, 0.25) is 0 Å². The molecule has 150 valence electrons. The van der Waals surface area contributed by atoms with E-state index in [2.05, 4.69) is 15.0 Å². The second kappa shape index (κ2) is 9.49. The molecule has 2 N–H and O–H groups in total. The van der Waals surface area contributed by atoms with E-state index in [1.54, 1.807) is 0 Å². The van der Waals surface area contributed by atoms with Crippen molar-refractivity contribution in [2.45, 2.75) is 20.1 Å². The average Bonchev–Trinajstić information content (AvgIpc) is 3.15. The second-order valence-electron chi connectivity index (χ2n) is 5.57. The molecule has 0 bridgehead atoms. The fraction of sp³-hybridized carbons (Fsp3) is 0.278. The molecule has 2 rings (SSSR count). The van der Waals surface area contributed by atoms with Crippen LogP contribution in [0.15, 0.2) is 30.5 Å². The van der Waals surface area contributed by atoms with Crippen LogP contribution in [0.1, 0.15) is 33.3 Å². The Morgan fingerprint density at radius 1 is 1.18 bits per heavy atom. The van der Waals surface area contributed by atoms with Crippen LogP contribution < -0.4 is 14.8 Å². The van der Waals surface area contributed by atoms with Gasteiger partial charge < -0.3 is 24.5 Å². The zero-order valence-corrected chi connectivity index (χ0v) is 15.1. The van der Waals surface area contributed by atoms with Gasteiger partial charge in [-0.05, 0) is 30.7 Å². The molecule has 0 radical (unpaired) electrons. The number of amides is 1. The SMILES string of the molecule is COc1cc(CNC(=O)COC(=O)c2cc(C(C)=O)c[nH]2)ccc1OC(F)F. The third kappa shape index (κ3) is 5.79. The number of halogens is 2. The Hall–Kier alpha value is -3.43. The molecule has 1 aromatic heterocycles. The molecule has 8 nitrogen and oxygen atoms in total. The van der Waals surface area contributed by atoms with Crippen LogP contribution in [-0.2, 0) is 16.1 Å². The van der Waals surface area contributed by atoms with Gasteiger partial charge in [-0.15, -0.1) is 0 Å². The van der Waals surface area contributed by atoms with Crippen molar-refractivity contribution in [3.8, 4) is 11.5 Å². The Morgan fingerprint density at radius 2 is 1.93 bits per heavy atom. The van der Waals surface area contributed by atoms with Gasteiger partial charge >= 0.3 is 12.6 Å². The highest BCUT2D eigenvalue weighted by atomic mass is 19.3. The maximum atomic E-state index is 12.3. The van der Waals surface area contributed by atoms with Gasteiger partial charge in [-0.1, -0.05) is 6.07 Å². The van der Waals surface area contributed by atoms with Gasteiger partial charge in [0.2, 0.25) is 0 Å². The predicted molar refractivity (Wildman–Crippen MR) is 92.6 cm³/mol. The highest BCUT2D eigenvalue weighted by Crippen LogP contribution is 2.29. The van der Waals surface area contributed by atoms with E-state index < -0.39 is 25.1 Å². The van der Waals surface area contributed by atoms with Crippen LogP contribution in [0.4, 0.5) is 8.78 Å². The molecule has 2 aromatic rings. The molecule has 0 unspecified atom stereocenters. The van der Waals surface area contributed by atoms with Gasteiger partial charge in [0.15, 0.2) is 23.9 Å². The molecule has 10 heteroatoms. The second-order valence-corrected chi connectivity index (χ2v) is 5.57. The molecule has 0 aliphatic heterocycles. The molecule has 1 heterocycles. The summed E-state index contributed by atoms with van der Waals surface area (Å²) < 4.78 is 38.8. The molecule has 1 amide bonds. The van der Waals surface area contributed by atoms with E-state index in [-0.39, 0.29) is 29.5 Å². The van der Waals surface area contributed by atoms with Crippen molar-refractivity contribution in [2.24, 2.45) is 0 Å². The van der Waals surface area contributed by atoms with Crippen molar-refractivity contribution >= 4 is 17.7 Å². The van der Waals surface area contributed by atoms with E-state index in [0.717, 1.165) is 0 Å². The predicted octanol–water partition coefficient (Wildman–Crippen LogP) is 2.30. The molecule has 28 heavy (non-hydrogen) atoms. The minimum atomic E-state index is -2.99. The van der Waals surface area contributed by atoms with Gasteiger partial charge in [0.25, 0.3) is 5.91 Å². The number of hydrogen-bond acceptors (Lipinski definition) is 6. The molecule has 0 saturated heterocycles. The number of ether oxygens (including phenoxy) is 3. The van der Waals surface area contributed by atoms with Crippen LogP contribution in [-0.4, -0.2) is 43.0 Å². The topological polar surface area (TPSA) is 107 Å². The molecule has 0 fully saturated rings. The summed E-state index contributed by atoms with van der Waals surface area (Å²) in [5.41, 5.74) is 0.940. The maximum absolute atomic E-state index is 12.3. The number of nitrogens with one attached hydrogen (secondary N) is 2. The highest BCUT2D eigenvalue weighted by Gasteiger charge is 2.14. The van der Waals surface area contributed by atoms with Gasteiger partial charge in [0.05, 0.1) is 7.11 Å². The lowest BCUT2D eigenvalue weighted by Crippen LogP contribution is -2.28. The molecule has 1 aromatic carbocycles. The van der Waals surface area contributed by atoms with E-state index in [1.165, 1.54) is 44.5 Å². The lowest BCUT2D eigenvalue weighted by atomic mass is 10.2. The zero-order valence-electron chi connectivity index (χ0n) is 15.1. The summed E-state index contributed by atoms with van der Waals surface area (Å²) in [4.78, 5) is 37.4. The minimum Gasteiger partial charge on any atom is -0.493 e. The summed E-state index contributed by atoms with van der Waals surface area (Å²) >= 11 is 0. The Morgan fingerprint density at radius 3 is 2.54 bits per heavy atom. The number of benzene rings is 1. The summed E-state index contributed by atoms with van der Waals surface area (Å²) in [6, 6.07) is 5.54. The van der Waals surface area contributed by atoms with Crippen LogP contribution in [0, 0.1) is 0 Å². The molecular weight excluding hydrogens is 378 g/mol. The lowest BCUT2D eigenvalue weighted by molar-refractivity contribution is -0.124. The highest BCUT2D eigenvalue weighted by molar-refractivity contribution is 5.97. The summed E-state index contributed by atoms with van der Waals surface area (Å²) in [5.74, 6) is -1.60. The first-order valence-electron chi connectivity index (χ1n) is 8.05. The van der Waals surface area contributed by atoms with E-state index >= 15 is 0 Å². The smallest absolute Gasteiger partial charge is 0.387 e. The van der Waals surface area contributed by atoms with E-state index in [9.17, 15) is 23.2 Å². The summed E-state index contributed by atoms with van der Waals surface area (Å²) in [7, 11) is 1.30. The molecule has 0 aliphatic rings. The summed E-state index contributed by atoms with van der Waals surface area (Å²) in [5, 5.41) is 2.52. The number of rotatable bonds is 9. The summed E-state index contributed by atoms with van der Waals surface area (Å²) in [6.07, 6.45) is 1.37. The number of methoxy groups -OCH3 is 1. The van der Waals surface area contributed by atoms with Crippen LogP contribution in [0.5, 0.6) is 11.5 Å². The van der Waals surface area contributed by atoms with Crippen LogP contribution in [0.25, 0.3) is 0 Å². The lowest BCUT2D eigenvalue weighted by Gasteiger charge is -2.12. The zero-order chi connectivity index (χ0) is 20.7. The molecule has 0 spiro atoms. The standard InChI is InChI=1S/C18H18F2N2O6/c1-10(23)12-6-13(21-8-12)17(25)27-9-16(24)22-7-11-3-4-14(28-18(19)20)15(5-11)26-2/h3-6,8,18,21H,7,9H2,1-2H3,(H,22,24).